The van der Waals surface area contributed by atoms with Crippen LogP contribution in [-0.4, -0.2) is 60.6 Å². The van der Waals surface area contributed by atoms with Crippen molar-refractivity contribution in [2.75, 3.05) is 32.8 Å². The van der Waals surface area contributed by atoms with Gasteiger partial charge in [-0.05, 0) is 79.9 Å². The fraction of sp³-hybridized carbons (Fsp3) is 0.714. The minimum Gasteiger partial charge on any atom is -0.450 e. The molecule has 0 bridgehead atoms. The highest BCUT2D eigenvalue weighted by molar-refractivity contribution is 7.07. The number of carbonyl (C=O) groups is 2. The number of rotatable bonds is 5. The van der Waals surface area contributed by atoms with Gasteiger partial charge in [0.05, 0.1) is 6.61 Å². The van der Waals surface area contributed by atoms with Gasteiger partial charge >= 0.3 is 6.09 Å². The maximum absolute atomic E-state index is 12.8. The number of carbonyl (C=O) groups excluding carboxylic acids is 2. The molecule has 2 saturated heterocycles. The third-order valence-corrected chi connectivity index (χ3v) is 7.44. The summed E-state index contributed by atoms with van der Waals surface area (Å²) in [5, 5.41) is 7.63. The Hall–Kier alpha value is -1.60. The fourth-order valence-electron chi connectivity index (χ4n) is 4.79. The SMILES string of the molecule is CCOC(=O)N1CCC(NC(=O)[C@H]2CC23CCN(Cc2ccsc2)CC3)CC1. The van der Waals surface area contributed by atoms with E-state index < -0.39 is 0 Å². The summed E-state index contributed by atoms with van der Waals surface area (Å²) in [5.74, 6) is 0.430. The second kappa shape index (κ2) is 8.41. The second-order valence-electron chi connectivity index (χ2n) is 8.50. The molecule has 3 aliphatic rings. The summed E-state index contributed by atoms with van der Waals surface area (Å²) in [6.45, 7) is 6.78. The van der Waals surface area contributed by atoms with E-state index in [4.69, 9.17) is 4.74 Å². The van der Waals surface area contributed by atoms with Crippen molar-refractivity contribution in [3.63, 3.8) is 0 Å². The Kier molecular flexibility index (Phi) is 5.92. The first-order valence-electron chi connectivity index (χ1n) is 10.5. The largest absolute Gasteiger partial charge is 0.450 e. The summed E-state index contributed by atoms with van der Waals surface area (Å²) in [5.41, 5.74) is 1.65. The lowest BCUT2D eigenvalue weighted by Crippen LogP contribution is -2.47. The molecular weight excluding hydrogens is 374 g/mol. The summed E-state index contributed by atoms with van der Waals surface area (Å²) in [7, 11) is 0. The third kappa shape index (κ3) is 4.35. The maximum Gasteiger partial charge on any atom is 0.409 e. The smallest absolute Gasteiger partial charge is 0.409 e. The zero-order chi connectivity index (χ0) is 19.6. The van der Waals surface area contributed by atoms with Gasteiger partial charge in [0.1, 0.15) is 0 Å². The fourth-order valence-corrected chi connectivity index (χ4v) is 5.45. The maximum atomic E-state index is 12.8. The molecule has 3 heterocycles. The van der Waals surface area contributed by atoms with Crippen LogP contribution in [0.15, 0.2) is 16.8 Å². The first kappa shape index (κ1) is 19.7. The molecule has 3 fully saturated rings. The minimum atomic E-state index is -0.234. The normalized spacial score (nSPS) is 24.9. The van der Waals surface area contributed by atoms with Crippen molar-refractivity contribution in [2.45, 2.75) is 51.6 Å². The Morgan fingerprint density at radius 3 is 2.64 bits per heavy atom. The van der Waals surface area contributed by atoms with E-state index >= 15 is 0 Å². The molecule has 2 amide bonds. The van der Waals surface area contributed by atoms with Gasteiger partial charge in [-0.3, -0.25) is 9.69 Å². The van der Waals surface area contributed by atoms with Crippen molar-refractivity contribution in [3.05, 3.63) is 22.4 Å². The molecule has 1 atom stereocenters. The Labute approximate surface area is 171 Å². The van der Waals surface area contributed by atoms with Crippen LogP contribution in [-0.2, 0) is 16.1 Å². The minimum absolute atomic E-state index is 0.189. The lowest BCUT2D eigenvalue weighted by atomic mass is 9.90. The molecule has 154 valence electrons. The van der Waals surface area contributed by atoms with Crippen molar-refractivity contribution in [3.8, 4) is 0 Å². The van der Waals surface area contributed by atoms with Gasteiger partial charge in [-0.1, -0.05) is 0 Å². The van der Waals surface area contributed by atoms with E-state index in [-0.39, 0.29) is 29.4 Å². The van der Waals surface area contributed by atoms with Gasteiger partial charge in [-0.25, -0.2) is 4.79 Å². The predicted molar refractivity (Wildman–Crippen MR) is 109 cm³/mol. The summed E-state index contributed by atoms with van der Waals surface area (Å²) < 4.78 is 5.06. The number of thiophene rings is 1. The zero-order valence-electron chi connectivity index (χ0n) is 16.7. The van der Waals surface area contributed by atoms with Gasteiger partial charge < -0.3 is 15.0 Å². The Bertz CT molecular complexity index is 677. The van der Waals surface area contributed by atoms with Crippen LogP contribution >= 0.6 is 11.3 Å². The summed E-state index contributed by atoms with van der Waals surface area (Å²) in [4.78, 5) is 28.8. The van der Waals surface area contributed by atoms with Crippen LogP contribution < -0.4 is 5.32 Å². The van der Waals surface area contributed by atoms with Crippen molar-refractivity contribution in [2.24, 2.45) is 11.3 Å². The van der Waals surface area contributed by atoms with Gasteiger partial charge in [0.2, 0.25) is 5.91 Å². The van der Waals surface area contributed by atoms with E-state index in [1.807, 2.05) is 6.92 Å². The molecule has 2 aliphatic heterocycles. The molecule has 0 radical (unpaired) electrons. The lowest BCUT2D eigenvalue weighted by Gasteiger charge is -2.33. The van der Waals surface area contributed by atoms with Gasteiger partial charge in [0.15, 0.2) is 0 Å². The Morgan fingerprint density at radius 1 is 1.25 bits per heavy atom. The molecule has 1 aromatic heterocycles. The molecule has 7 heteroatoms. The highest BCUT2D eigenvalue weighted by Gasteiger charge is 2.58. The van der Waals surface area contributed by atoms with Gasteiger partial charge in [-0.15, -0.1) is 0 Å². The van der Waals surface area contributed by atoms with E-state index in [0.717, 1.165) is 51.7 Å². The van der Waals surface area contributed by atoms with E-state index in [1.54, 1.807) is 16.2 Å². The number of nitrogens with one attached hydrogen (secondary N) is 1. The quantitative estimate of drug-likeness (QED) is 0.818. The Morgan fingerprint density at radius 2 is 2.00 bits per heavy atom. The molecule has 1 spiro atoms. The number of amides is 2. The summed E-state index contributed by atoms with van der Waals surface area (Å²) >= 11 is 1.76. The van der Waals surface area contributed by atoms with E-state index in [1.165, 1.54) is 5.56 Å². The molecule has 0 aromatic carbocycles. The van der Waals surface area contributed by atoms with Crippen LogP contribution in [0.5, 0.6) is 0 Å². The molecule has 1 N–H and O–H groups in total. The van der Waals surface area contributed by atoms with Crippen molar-refractivity contribution >= 4 is 23.3 Å². The average molecular weight is 406 g/mol. The average Bonchev–Trinajstić information content (AvgIpc) is 3.15. The molecular formula is C21H31N3O3S. The summed E-state index contributed by atoms with van der Waals surface area (Å²) in [6.07, 6.45) is 4.72. The Balaban J connectivity index is 1.19. The predicted octanol–water partition coefficient (Wildman–Crippen LogP) is 3.09. The van der Waals surface area contributed by atoms with Crippen LogP contribution in [0.4, 0.5) is 4.79 Å². The summed E-state index contributed by atoms with van der Waals surface area (Å²) in [6, 6.07) is 2.39. The van der Waals surface area contributed by atoms with E-state index in [2.05, 4.69) is 27.0 Å². The van der Waals surface area contributed by atoms with Gasteiger partial charge in [0, 0.05) is 31.6 Å². The van der Waals surface area contributed by atoms with Gasteiger partial charge in [0.25, 0.3) is 0 Å². The van der Waals surface area contributed by atoms with Gasteiger partial charge in [-0.2, -0.15) is 11.3 Å². The van der Waals surface area contributed by atoms with Crippen LogP contribution in [0.3, 0.4) is 0 Å². The van der Waals surface area contributed by atoms with E-state index in [9.17, 15) is 9.59 Å². The lowest BCUT2D eigenvalue weighted by molar-refractivity contribution is -0.124. The van der Waals surface area contributed by atoms with Crippen LogP contribution in [0.25, 0.3) is 0 Å². The number of likely N-dealkylation sites (tertiary alicyclic amines) is 2. The van der Waals surface area contributed by atoms with Crippen LogP contribution in [0.2, 0.25) is 0 Å². The number of ether oxygens (including phenoxy) is 1. The molecule has 1 saturated carbocycles. The second-order valence-corrected chi connectivity index (χ2v) is 9.28. The number of hydrogen-bond donors (Lipinski definition) is 1. The highest BCUT2D eigenvalue weighted by atomic mass is 32.1. The molecule has 0 unspecified atom stereocenters. The van der Waals surface area contributed by atoms with Crippen LogP contribution in [0.1, 0.15) is 44.6 Å². The number of hydrogen-bond acceptors (Lipinski definition) is 5. The van der Waals surface area contributed by atoms with Crippen molar-refractivity contribution < 1.29 is 14.3 Å². The zero-order valence-corrected chi connectivity index (χ0v) is 17.5. The van der Waals surface area contributed by atoms with Crippen molar-refractivity contribution in [1.29, 1.82) is 0 Å². The topological polar surface area (TPSA) is 61.9 Å². The number of nitrogens with zero attached hydrogens (tertiary/aromatic N) is 2. The first-order valence-corrected chi connectivity index (χ1v) is 11.5. The third-order valence-electron chi connectivity index (χ3n) is 6.71. The monoisotopic (exact) mass is 405 g/mol. The van der Waals surface area contributed by atoms with Crippen molar-refractivity contribution in [1.82, 2.24) is 15.1 Å². The van der Waals surface area contributed by atoms with Crippen LogP contribution in [0, 0.1) is 11.3 Å². The molecule has 4 rings (SSSR count). The molecule has 28 heavy (non-hydrogen) atoms. The van der Waals surface area contributed by atoms with E-state index in [0.29, 0.717) is 19.7 Å². The molecule has 1 aromatic rings. The standard InChI is InChI=1S/C21H31N3O3S/c1-2-27-20(26)24-8-3-17(4-9-24)22-19(25)18-13-21(18)6-10-23(11-7-21)14-16-5-12-28-15-16/h5,12,15,17-18H,2-4,6-11,13-14H2,1H3,(H,22,25)/t18-/m1/s1. The highest BCUT2D eigenvalue weighted by Crippen LogP contribution is 2.59. The molecule has 6 nitrogen and oxygen atoms in total. The first-order chi connectivity index (χ1) is 13.6. The molecule has 1 aliphatic carbocycles. The number of piperidine rings is 2.